The summed E-state index contributed by atoms with van der Waals surface area (Å²) in [4.78, 5) is 4.58. The predicted octanol–water partition coefficient (Wildman–Crippen LogP) is 3.90. The number of benzene rings is 2. The van der Waals surface area contributed by atoms with E-state index in [1.54, 1.807) is 0 Å². The van der Waals surface area contributed by atoms with E-state index in [9.17, 15) is 0 Å². The number of nitrogens with zero attached hydrogens (tertiary/aromatic N) is 3. The molecule has 4 aromatic rings. The number of hydrogen-bond donors (Lipinski definition) is 0. The summed E-state index contributed by atoms with van der Waals surface area (Å²) < 4.78 is 4.41. The van der Waals surface area contributed by atoms with E-state index in [0.29, 0.717) is 0 Å². The van der Waals surface area contributed by atoms with Gasteiger partial charge in [0.25, 0.3) is 0 Å². The lowest BCUT2D eigenvalue weighted by Gasteiger charge is -2.05. The number of hydrogen-bond acceptors (Lipinski definition) is 1. The molecule has 0 spiro atoms. The monoisotopic (exact) mass is 261 g/mol. The van der Waals surface area contributed by atoms with Crippen molar-refractivity contribution in [3.05, 3.63) is 66.0 Å². The normalized spacial score (nSPS) is 11.5. The molecule has 0 amide bonds. The zero-order valence-electron chi connectivity index (χ0n) is 11.5. The molecule has 3 nitrogen and oxygen atoms in total. The molecule has 0 aliphatic heterocycles. The molecule has 98 valence electrons. The van der Waals surface area contributed by atoms with Crippen LogP contribution in [-0.2, 0) is 0 Å². The molecule has 0 saturated carbocycles. The molecule has 2 heterocycles. The summed E-state index contributed by atoms with van der Waals surface area (Å²) in [6.45, 7) is 4.19. The highest BCUT2D eigenvalue weighted by Gasteiger charge is 2.14. The van der Waals surface area contributed by atoms with E-state index in [1.165, 1.54) is 16.6 Å². The standard InChI is InChI=1S/C17H15N3/c1-12-7-9-14(10-8-12)20-16-6-4-3-5-15(16)19-13(2)11-18-17(19)20/h3-11H,1-2H3. The highest BCUT2D eigenvalue weighted by molar-refractivity contribution is 5.83. The van der Waals surface area contributed by atoms with Crippen molar-refractivity contribution in [3.8, 4) is 5.69 Å². The first-order valence-corrected chi connectivity index (χ1v) is 6.76. The molecular formula is C17H15N3. The van der Waals surface area contributed by atoms with Crippen molar-refractivity contribution in [1.29, 1.82) is 0 Å². The van der Waals surface area contributed by atoms with Crippen molar-refractivity contribution in [3.63, 3.8) is 0 Å². The maximum atomic E-state index is 4.58. The molecule has 0 aliphatic carbocycles. The fourth-order valence-electron chi connectivity index (χ4n) is 2.78. The number of aryl methyl sites for hydroxylation is 2. The molecule has 0 N–H and O–H groups in total. The summed E-state index contributed by atoms with van der Waals surface area (Å²) >= 11 is 0. The van der Waals surface area contributed by atoms with Gasteiger partial charge in [0.1, 0.15) is 0 Å². The first-order valence-electron chi connectivity index (χ1n) is 6.76. The number of rotatable bonds is 1. The Bertz CT molecular complexity index is 911. The smallest absolute Gasteiger partial charge is 0.219 e. The van der Waals surface area contributed by atoms with Crippen LogP contribution in [0.15, 0.2) is 54.7 Å². The van der Waals surface area contributed by atoms with E-state index >= 15 is 0 Å². The Labute approximate surface area is 117 Å². The van der Waals surface area contributed by atoms with Gasteiger partial charge in [0.15, 0.2) is 0 Å². The van der Waals surface area contributed by atoms with Crippen molar-refractivity contribution in [2.45, 2.75) is 13.8 Å². The molecule has 2 aromatic carbocycles. The lowest BCUT2D eigenvalue weighted by atomic mass is 10.2. The van der Waals surface area contributed by atoms with E-state index in [0.717, 1.165) is 17.2 Å². The minimum Gasteiger partial charge on any atom is -0.281 e. The maximum Gasteiger partial charge on any atom is 0.219 e. The van der Waals surface area contributed by atoms with Crippen molar-refractivity contribution >= 4 is 16.8 Å². The highest BCUT2D eigenvalue weighted by atomic mass is 15.2. The average Bonchev–Trinajstić information content (AvgIpc) is 2.99. The quantitative estimate of drug-likeness (QED) is 0.509. The van der Waals surface area contributed by atoms with Crippen LogP contribution in [0.3, 0.4) is 0 Å². The van der Waals surface area contributed by atoms with E-state index in [4.69, 9.17) is 0 Å². The second kappa shape index (κ2) is 3.97. The predicted molar refractivity (Wildman–Crippen MR) is 81.5 cm³/mol. The summed E-state index contributed by atoms with van der Waals surface area (Å²) in [6.07, 6.45) is 1.92. The third kappa shape index (κ3) is 1.43. The molecule has 3 heteroatoms. The van der Waals surface area contributed by atoms with E-state index in [2.05, 4.69) is 76.3 Å². The lowest BCUT2D eigenvalue weighted by molar-refractivity contribution is 1.08. The zero-order valence-corrected chi connectivity index (χ0v) is 11.5. The van der Waals surface area contributed by atoms with Crippen LogP contribution >= 0.6 is 0 Å². The summed E-state index contributed by atoms with van der Waals surface area (Å²) in [5, 5.41) is 0. The van der Waals surface area contributed by atoms with E-state index < -0.39 is 0 Å². The minimum atomic E-state index is 0.965. The lowest BCUT2D eigenvalue weighted by Crippen LogP contribution is -1.94. The van der Waals surface area contributed by atoms with Crippen LogP contribution in [0.4, 0.5) is 0 Å². The zero-order chi connectivity index (χ0) is 13.7. The van der Waals surface area contributed by atoms with Gasteiger partial charge in [-0.25, -0.2) is 4.98 Å². The molecule has 4 rings (SSSR count). The topological polar surface area (TPSA) is 22.2 Å². The van der Waals surface area contributed by atoms with Gasteiger partial charge >= 0.3 is 0 Å². The fraction of sp³-hybridized carbons (Fsp3) is 0.118. The first-order chi connectivity index (χ1) is 9.75. The van der Waals surface area contributed by atoms with Crippen molar-refractivity contribution in [1.82, 2.24) is 14.0 Å². The number of imidazole rings is 2. The molecule has 0 bridgehead atoms. The third-order valence-electron chi connectivity index (χ3n) is 3.78. The van der Waals surface area contributed by atoms with Crippen LogP contribution in [0.2, 0.25) is 0 Å². The molecule has 0 fully saturated rings. The van der Waals surface area contributed by atoms with E-state index in [1.807, 2.05) is 6.20 Å². The Morgan fingerprint density at radius 2 is 1.55 bits per heavy atom. The van der Waals surface area contributed by atoms with Gasteiger partial charge in [0, 0.05) is 11.4 Å². The molecule has 2 aromatic heterocycles. The highest BCUT2D eigenvalue weighted by Crippen LogP contribution is 2.25. The SMILES string of the molecule is Cc1ccc(-n2c3ccccc3n3c(C)cnc23)cc1. The van der Waals surface area contributed by atoms with Gasteiger partial charge in [0.05, 0.1) is 17.2 Å². The molecular weight excluding hydrogens is 246 g/mol. The molecule has 0 aliphatic rings. The van der Waals surface area contributed by atoms with Gasteiger partial charge in [-0.1, -0.05) is 29.8 Å². The summed E-state index contributed by atoms with van der Waals surface area (Å²) in [5.74, 6) is 0.965. The summed E-state index contributed by atoms with van der Waals surface area (Å²) in [5.41, 5.74) is 5.94. The Morgan fingerprint density at radius 3 is 2.30 bits per heavy atom. The second-order valence-corrected chi connectivity index (χ2v) is 5.19. The minimum absolute atomic E-state index is 0.965. The van der Waals surface area contributed by atoms with Gasteiger partial charge < -0.3 is 0 Å². The Hall–Kier alpha value is -2.55. The average molecular weight is 261 g/mol. The van der Waals surface area contributed by atoms with Crippen molar-refractivity contribution in [2.75, 3.05) is 0 Å². The van der Waals surface area contributed by atoms with Gasteiger partial charge in [0.2, 0.25) is 5.78 Å². The number of para-hydroxylation sites is 2. The molecule has 0 unspecified atom stereocenters. The van der Waals surface area contributed by atoms with Gasteiger partial charge in [-0.05, 0) is 38.1 Å². The first kappa shape index (κ1) is 11.3. The van der Waals surface area contributed by atoms with Gasteiger partial charge in [-0.3, -0.25) is 8.97 Å². The van der Waals surface area contributed by atoms with Crippen LogP contribution in [0, 0.1) is 13.8 Å². The Balaban J connectivity index is 2.17. The maximum absolute atomic E-state index is 4.58. The third-order valence-corrected chi connectivity index (χ3v) is 3.78. The van der Waals surface area contributed by atoms with Crippen molar-refractivity contribution in [2.24, 2.45) is 0 Å². The molecule has 0 atom stereocenters. The molecule has 0 radical (unpaired) electrons. The summed E-state index contributed by atoms with van der Waals surface area (Å²) in [6, 6.07) is 17.0. The largest absolute Gasteiger partial charge is 0.281 e. The summed E-state index contributed by atoms with van der Waals surface area (Å²) in [7, 11) is 0. The number of aromatic nitrogens is 3. The molecule has 20 heavy (non-hydrogen) atoms. The van der Waals surface area contributed by atoms with E-state index in [-0.39, 0.29) is 0 Å². The van der Waals surface area contributed by atoms with Crippen LogP contribution in [-0.4, -0.2) is 14.0 Å². The fourth-order valence-corrected chi connectivity index (χ4v) is 2.78. The number of fused-ring (bicyclic) bond motifs is 3. The van der Waals surface area contributed by atoms with Gasteiger partial charge in [-0.15, -0.1) is 0 Å². The van der Waals surface area contributed by atoms with Crippen LogP contribution in [0.25, 0.3) is 22.5 Å². The van der Waals surface area contributed by atoms with Crippen LogP contribution in [0.1, 0.15) is 11.3 Å². The van der Waals surface area contributed by atoms with Crippen LogP contribution in [0.5, 0.6) is 0 Å². The Kier molecular flexibility index (Phi) is 2.24. The Morgan fingerprint density at radius 1 is 0.850 bits per heavy atom. The van der Waals surface area contributed by atoms with Crippen molar-refractivity contribution < 1.29 is 0 Å². The molecule has 0 saturated heterocycles. The van der Waals surface area contributed by atoms with Crippen LogP contribution < -0.4 is 0 Å². The second-order valence-electron chi connectivity index (χ2n) is 5.19. The van der Waals surface area contributed by atoms with Gasteiger partial charge in [-0.2, -0.15) is 0 Å².